The molecule has 0 fully saturated rings. The first-order chi connectivity index (χ1) is 11.1. The van der Waals surface area contributed by atoms with Crippen LogP contribution in [0.1, 0.15) is 53.3 Å². The van der Waals surface area contributed by atoms with Gasteiger partial charge in [0, 0.05) is 24.9 Å². The van der Waals surface area contributed by atoms with Gasteiger partial charge in [-0.15, -0.1) is 10.2 Å². The van der Waals surface area contributed by atoms with Gasteiger partial charge in [-0.3, -0.25) is 9.59 Å². The van der Waals surface area contributed by atoms with Crippen molar-refractivity contribution in [2.45, 2.75) is 71.1 Å². The van der Waals surface area contributed by atoms with Crippen molar-refractivity contribution in [3.8, 4) is 0 Å². The van der Waals surface area contributed by atoms with Crippen molar-refractivity contribution in [2.24, 2.45) is 11.7 Å². The van der Waals surface area contributed by atoms with Crippen LogP contribution in [0.3, 0.4) is 0 Å². The fourth-order valence-electron chi connectivity index (χ4n) is 2.03. The number of thioether (sulfide) groups is 1. The lowest BCUT2D eigenvalue weighted by Gasteiger charge is -2.24. The molecule has 24 heavy (non-hydrogen) atoms. The molecule has 1 aromatic heterocycles. The van der Waals surface area contributed by atoms with Crippen LogP contribution < -0.4 is 11.1 Å². The second kappa shape index (κ2) is 9.05. The molecule has 0 atom stereocenters. The van der Waals surface area contributed by atoms with E-state index in [1.165, 1.54) is 11.8 Å². The molecule has 0 aliphatic rings. The molecular weight excluding hydrogens is 326 g/mol. The zero-order valence-corrected chi connectivity index (χ0v) is 16.1. The van der Waals surface area contributed by atoms with Gasteiger partial charge in [-0.2, -0.15) is 0 Å². The highest BCUT2D eigenvalue weighted by atomic mass is 32.2. The van der Waals surface area contributed by atoms with Crippen LogP contribution in [0.2, 0.25) is 0 Å². The summed E-state index contributed by atoms with van der Waals surface area (Å²) in [6.45, 7) is 11.0. The van der Waals surface area contributed by atoms with Gasteiger partial charge in [0.2, 0.25) is 11.8 Å². The van der Waals surface area contributed by atoms with Gasteiger partial charge in [0.25, 0.3) is 0 Å². The minimum Gasteiger partial charge on any atom is -0.370 e. The smallest absolute Gasteiger partial charge is 0.230 e. The topological polar surface area (TPSA) is 103 Å². The molecule has 0 spiro atoms. The standard InChI is InChI=1S/C16H29N5O2S/c1-6-16(4,5)18-14(23)10-24-15-20-19-13(8-7-12(17)22)21(15)9-11(2)3/h11H,6-10H2,1-5H3,(H2,17,22)(H,18,23). The van der Waals surface area contributed by atoms with Crippen LogP contribution in [-0.2, 0) is 22.6 Å². The number of carbonyl (C=O) groups excluding carboxylic acids is 2. The Balaban J connectivity index is 2.76. The maximum Gasteiger partial charge on any atom is 0.230 e. The summed E-state index contributed by atoms with van der Waals surface area (Å²) in [5, 5.41) is 12.0. The van der Waals surface area contributed by atoms with E-state index in [0.717, 1.165) is 18.8 Å². The van der Waals surface area contributed by atoms with Gasteiger partial charge in [-0.1, -0.05) is 32.5 Å². The lowest BCUT2D eigenvalue weighted by atomic mass is 10.0. The van der Waals surface area contributed by atoms with Crippen molar-refractivity contribution in [2.75, 3.05) is 5.75 Å². The Hall–Kier alpha value is -1.57. The Bertz CT molecular complexity index is 569. The van der Waals surface area contributed by atoms with Gasteiger partial charge < -0.3 is 15.6 Å². The number of nitrogens with zero attached hydrogens (tertiary/aromatic N) is 3. The third kappa shape index (κ3) is 6.90. The first kappa shape index (κ1) is 20.5. The lowest BCUT2D eigenvalue weighted by molar-refractivity contribution is -0.120. The Labute approximate surface area is 148 Å². The van der Waals surface area contributed by atoms with Gasteiger partial charge in [0.05, 0.1) is 5.75 Å². The highest BCUT2D eigenvalue weighted by Crippen LogP contribution is 2.20. The molecule has 1 aromatic rings. The first-order valence-electron chi connectivity index (χ1n) is 8.28. The Morgan fingerprint density at radius 1 is 1.33 bits per heavy atom. The maximum atomic E-state index is 12.1. The van der Waals surface area contributed by atoms with E-state index in [9.17, 15) is 9.59 Å². The van der Waals surface area contributed by atoms with Crippen molar-refractivity contribution in [1.29, 1.82) is 0 Å². The van der Waals surface area contributed by atoms with Gasteiger partial charge >= 0.3 is 0 Å². The SMILES string of the molecule is CCC(C)(C)NC(=O)CSc1nnc(CCC(N)=O)n1CC(C)C. The molecule has 8 heteroatoms. The van der Waals surface area contributed by atoms with E-state index in [4.69, 9.17) is 5.73 Å². The van der Waals surface area contributed by atoms with Crippen LogP contribution in [0, 0.1) is 5.92 Å². The molecule has 1 rings (SSSR count). The van der Waals surface area contributed by atoms with E-state index < -0.39 is 0 Å². The van der Waals surface area contributed by atoms with Crippen LogP contribution in [-0.4, -0.2) is 37.9 Å². The zero-order valence-electron chi connectivity index (χ0n) is 15.3. The van der Waals surface area contributed by atoms with Crippen LogP contribution >= 0.6 is 11.8 Å². The van der Waals surface area contributed by atoms with Crippen molar-refractivity contribution in [3.05, 3.63) is 5.82 Å². The predicted molar refractivity (Wildman–Crippen MR) is 95.6 cm³/mol. The van der Waals surface area contributed by atoms with Crippen LogP contribution in [0.4, 0.5) is 0 Å². The summed E-state index contributed by atoms with van der Waals surface area (Å²) in [4.78, 5) is 23.1. The summed E-state index contributed by atoms with van der Waals surface area (Å²) < 4.78 is 1.98. The van der Waals surface area contributed by atoms with Crippen LogP contribution in [0.15, 0.2) is 5.16 Å². The molecule has 0 unspecified atom stereocenters. The minimum atomic E-state index is -0.357. The second-order valence-corrected chi connectivity index (χ2v) is 7.89. The predicted octanol–water partition coefficient (Wildman–Crippen LogP) is 1.75. The van der Waals surface area contributed by atoms with E-state index in [0.29, 0.717) is 17.5 Å². The van der Waals surface area contributed by atoms with Gasteiger partial charge in [0.1, 0.15) is 5.82 Å². The summed E-state index contributed by atoms with van der Waals surface area (Å²) in [6.07, 6.45) is 1.57. The molecule has 136 valence electrons. The van der Waals surface area contributed by atoms with Crippen LogP contribution in [0.25, 0.3) is 0 Å². The Morgan fingerprint density at radius 3 is 2.54 bits per heavy atom. The number of nitrogens with one attached hydrogen (secondary N) is 1. The molecule has 2 amide bonds. The maximum absolute atomic E-state index is 12.1. The fourth-order valence-corrected chi connectivity index (χ4v) is 2.79. The quantitative estimate of drug-likeness (QED) is 0.622. The summed E-state index contributed by atoms with van der Waals surface area (Å²) >= 11 is 1.36. The average Bonchev–Trinajstić information content (AvgIpc) is 2.84. The van der Waals surface area contributed by atoms with E-state index in [2.05, 4.69) is 29.4 Å². The van der Waals surface area contributed by atoms with E-state index in [1.807, 2.05) is 25.3 Å². The fraction of sp³-hybridized carbons (Fsp3) is 0.750. The van der Waals surface area contributed by atoms with Gasteiger partial charge in [-0.05, 0) is 26.2 Å². The number of primary amides is 1. The average molecular weight is 356 g/mol. The van der Waals surface area contributed by atoms with E-state index in [-0.39, 0.29) is 29.5 Å². The highest BCUT2D eigenvalue weighted by molar-refractivity contribution is 7.99. The van der Waals surface area contributed by atoms with E-state index in [1.54, 1.807) is 0 Å². The molecule has 3 N–H and O–H groups in total. The molecule has 7 nitrogen and oxygen atoms in total. The number of hydrogen-bond donors (Lipinski definition) is 2. The molecule has 0 saturated carbocycles. The van der Waals surface area contributed by atoms with Crippen molar-refractivity contribution in [1.82, 2.24) is 20.1 Å². The Kier molecular flexibility index (Phi) is 7.72. The van der Waals surface area contributed by atoms with Gasteiger partial charge in [-0.25, -0.2) is 0 Å². The normalized spacial score (nSPS) is 11.8. The van der Waals surface area contributed by atoms with E-state index >= 15 is 0 Å². The third-order valence-electron chi connectivity index (χ3n) is 3.63. The number of hydrogen-bond acceptors (Lipinski definition) is 5. The zero-order chi connectivity index (χ0) is 18.3. The number of nitrogens with two attached hydrogens (primary N) is 1. The first-order valence-corrected chi connectivity index (χ1v) is 9.27. The molecule has 0 aliphatic carbocycles. The lowest BCUT2D eigenvalue weighted by Crippen LogP contribution is -2.43. The number of rotatable bonds is 10. The molecule has 0 bridgehead atoms. The van der Waals surface area contributed by atoms with Crippen LogP contribution in [0.5, 0.6) is 0 Å². The molecule has 0 saturated heterocycles. The number of amides is 2. The number of aromatic nitrogens is 3. The summed E-state index contributed by atoms with van der Waals surface area (Å²) in [5.41, 5.74) is 5.00. The van der Waals surface area contributed by atoms with Crippen molar-refractivity contribution < 1.29 is 9.59 Å². The minimum absolute atomic E-state index is 0.0235. The Morgan fingerprint density at radius 2 is 2.00 bits per heavy atom. The summed E-state index contributed by atoms with van der Waals surface area (Å²) in [5.74, 6) is 1.05. The van der Waals surface area contributed by atoms with Gasteiger partial charge in [0.15, 0.2) is 5.16 Å². The largest absolute Gasteiger partial charge is 0.370 e. The van der Waals surface area contributed by atoms with Crippen molar-refractivity contribution >= 4 is 23.6 Å². The molecule has 1 heterocycles. The molecule has 0 aromatic carbocycles. The molecular formula is C16H29N5O2S. The second-order valence-electron chi connectivity index (χ2n) is 6.94. The third-order valence-corrected chi connectivity index (χ3v) is 4.60. The van der Waals surface area contributed by atoms with Crippen molar-refractivity contribution in [3.63, 3.8) is 0 Å². The monoisotopic (exact) mass is 355 g/mol. The summed E-state index contributed by atoms with van der Waals surface area (Å²) in [7, 11) is 0. The molecule has 0 aliphatic heterocycles. The number of carbonyl (C=O) groups is 2. The summed E-state index contributed by atoms with van der Waals surface area (Å²) in [6, 6.07) is 0. The molecule has 0 radical (unpaired) electrons. The highest BCUT2D eigenvalue weighted by Gasteiger charge is 2.20. The number of aryl methyl sites for hydroxylation is 1.